The molecule has 0 heterocycles. The van der Waals surface area contributed by atoms with E-state index in [1.165, 1.54) is 0 Å². The Kier molecular flexibility index (Phi) is 8.34. The smallest absolute Gasteiger partial charge is 0.136 e. The van der Waals surface area contributed by atoms with Gasteiger partial charge in [-0.05, 0) is 42.4 Å². The Morgan fingerprint density at radius 2 is 1.82 bits per heavy atom. The number of carbonyl (C=O) groups is 1. The van der Waals surface area contributed by atoms with Crippen LogP contribution in [0.15, 0.2) is 76.5 Å². The number of hydrogen-bond acceptors (Lipinski definition) is 3. The van der Waals surface area contributed by atoms with E-state index in [0.29, 0.717) is 22.8 Å². The number of unbranched alkanes of at least 4 members (excludes halogenated alkanes) is 1. The molecule has 178 valence electrons. The van der Waals surface area contributed by atoms with Gasteiger partial charge in [-0.1, -0.05) is 86.8 Å². The van der Waals surface area contributed by atoms with Crippen molar-refractivity contribution in [2.45, 2.75) is 56.8 Å². The number of benzene rings is 3. The predicted octanol–water partition coefficient (Wildman–Crippen LogP) is 7.56. The molecular weight excluding hydrogens is 440 g/mol. The zero-order valence-corrected chi connectivity index (χ0v) is 21.0. The van der Waals surface area contributed by atoms with Crippen molar-refractivity contribution < 1.29 is 13.7 Å². The summed E-state index contributed by atoms with van der Waals surface area (Å²) in [7, 11) is 0.156. The Hall–Kier alpha value is -2.72. The molecule has 1 fully saturated rings. The predicted molar refractivity (Wildman–Crippen MR) is 141 cm³/mol. The van der Waals surface area contributed by atoms with Crippen LogP contribution in [0.1, 0.15) is 57.4 Å². The summed E-state index contributed by atoms with van der Waals surface area (Å²) in [5, 5.41) is 1.97. The summed E-state index contributed by atoms with van der Waals surface area (Å²) in [5.41, 5.74) is 1.01. The zero-order chi connectivity index (χ0) is 23.9. The van der Waals surface area contributed by atoms with Gasteiger partial charge in [0.1, 0.15) is 11.5 Å². The van der Waals surface area contributed by atoms with Gasteiger partial charge >= 0.3 is 0 Å². The van der Waals surface area contributed by atoms with Crippen molar-refractivity contribution in [3.63, 3.8) is 0 Å². The molecule has 1 saturated carbocycles. The van der Waals surface area contributed by atoms with Crippen LogP contribution in [0, 0.1) is 11.8 Å². The summed E-state index contributed by atoms with van der Waals surface area (Å²) < 4.78 is 20.3. The zero-order valence-electron chi connectivity index (χ0n) is 20.2. The molecule has 3 aromatic carbocycles. The maximum Gasteiger partial charge on any atom is 0.136 e. The van der Waals surface area contributed by atoms with Gasteiger partial charge in [-0.15, -0.1) is 0 Å². The fraction of sp³-hybridized carbons (Fsp3) is 0.367. The summed E-state index contributed by atoms with van der Waals surface area (Å²) in [6, 6.07) is 22.0. The van der Waals surface area contributed by atoms with Crippen molar-refractivity contribution in [3.8, 4) is 5.75 Å². The third kappa shape index (κ3) is 5.33. The van der Waals surface area contributed by atoms with E-state index in [1.807, 2.05) is 66.7 Å². The third-order valence-corrected chi connectivity index (χ3v) is 8.53. The van der Waals surface area contributed by atoms with Crippen molar-refractivity contribution in [2.75, 3.05) is 7.11 Å². The number of rotatable bonds is 9. The van der Waals surface area contributed by atoms with Crippen LogP contribution in [-0.2, 0) is 15.6 Å². The molecule has 1 aliphatic rings. The van der Waals surface area contributed by atoms with Gasteiger partial charge in [0.05, 0.1) is 22.8 Å². The molecule has 0 N–H and O–H groups in total. The van der Waals surface area contributed by atoms with Crippen LogP contribution in [0.2, 0.25) is 0 Å². The fourth-order valence-corrected chi connectivity index (χ4v) is 6.86. The largest absolute Gasteiger partial charge is 0.495 e. The summed E-state index contributed by atoms with van der Waals surface area (Å²) >= 11 is 0. The maximum atomic E-state index is 14.5. The van der Waals surface area contributed by atoms with Crippen LogP contribution in [0.4, 0.5) is 0 Å². The van der Waals surface area contributed by atoms with E-state index in [-0.39, 0.29) is 11.8 Å². The average molecular weight is 475 g/mol. The SMILES string of the molecule is CCCC[C@H](/C(=C\c1ccccc1)S(=O)c1c(OC)ccc2ccccc12)[C@H]1CCCCC1=O. The molecule has 3 aromatic rings. The topological polar surface area (TPSA) is 43.4 Å². The molecule has 4 heteroatoms. The lowest BCUT2D eigenvalue weighted by molar-refractivity contribution is -0.125. The molecule has 4 rings (SSSR count). The summed E-state index contributed by atoms with van der Waals surface area (Å²) in [6.45, 7) is 2.17. The van der Waals surface area contributed by atoms with Crippen LogP contribution >= 0.6 is 0 Å². The number of ether oxygens (including phenoxy) is 1. The molecule has 0 saturated heterocycles. The van der Waals surface area contributed by atoms with E-state index >= 15 is 0 Å². The van der Waals surface area contributed by atoms with Crippen LogP contribution in [0.3, 0.4) is 0 Å². The average Bonchev–Trinajstić information content (AvgIpc) is 2.88. The molecule has 0 amide bonds. The number of fused-ring (bicyclic) bond motifs is 1. The Labute approximate surface area is 205 Å². The maximum absolute atomic E-state index is 14.5. The highest BCUT2D eigenvalue weighted by Crippen LogP contribution is 2.42. The molecule has 1 unspecified atom stereocenters. The highest BCUT2D eigenvalue weighted by atomic mass is 32.2. The van der Waals surface area contributed by atoms with Crippen molar-refractivity contribution in [2.24, 2.45) is 11.8 Å². The normalized spacial score (nSPS) is 18.6. The number of Topliss-reactive ketones (excluding diaryl/α,β-unsaturated/α-hetero) is 1. The summed E-state index contributed by atoms with van der Waals surface area (Å²) in [5.74, 6) is 0.839. The summed E-state index contributed by atoms with van der Waals surface area (Å²) in [4.78, 5) is 14.6. The van der Waals surface area contributed by atoms with E-state index in [9.17, 15) is 9.00 Å². The summed E-state index contributed by atoms with van der Waals surface area (Å²) in [6.07, 6.45) is 8.52. The number of allylic oxidation sites excluding steroid dienone is 1. The molecule has 0 bridgehead atoms. The molecule has 0 spiro atoms. The van der Waals surface area contributed by atoms with Gasteiger partial charge in [-0.2, -0.15) is 0 Å². The van der Waals surface area contributed by atoms with Crippen LogP contribution in [-0.4, -0.2) is 17.1 Å². The minimum Gasteiger partial charge on any atom is -0.495 e. The highest BCUT2D eigenvalue weighted by Gasteiger charge is 2.35. The van der Waals surface area contributed by atoms with Crippen molar-refractivity contribution in [1.82, 2.24) is 0 Å². The quantitative estimate of drug-likeness (QED) is 0.321. The fourth-order valence-electron chi connectivity index (χ4n) is 5.11. The standard InChI is InChI=1S/C30H34O3S/c1-3-4-15-26(25-17-10-11-18-27(25)31)29(21-22-12-6-5-7-13-22)34(32)30-24-16-9-8-14-23(24)19-20-28(30)33-2/h5-9,12-14,16,19-21,25-26H,3-4,10-11,15,17-18H2,1-2H3/b29-21+/t25-,26+,34?/m1/s1. The lowest BCUT2D eigenvalue weighted by Crippen LogP contribution is -2.29. The van der Waals surface area contributed by atoms with E-state index in [2.05, 4.69) is 13.0 Å². The monoisotopic (exact) mass is 474 g/mol. The first-order valence-electron chi connectivity index (χ1n) is 12.4. The van der Waals surface area contributed by atoms with Gasteiger partial charge in [0.25, 0.3) is 0 Å². The van der Waals surface area contributed by atoms with Gasteiger partial charge in [0.15, 0.2) is 0 Å². The van der Waals surface area contributed by atoms with Gasteiger partial charge in [0.2, 0.25) is 0 Å². The molecule has 0 aromatic heterocycles. The molecule has 0 radical (unpaired) electrons. The Morgan fingerprint density at radius 3 is 2.56 bits per heavy atom. The minimum atomic E-state index is -1.47. The molecule has 0 aliphatic heterocycles. The first-order valence-corrected chi connectivity index (χ1v) is 13.6. The lowest BCUT2D eigenvalue weighted by atomic mass is 9.76. The molecule has 34 heavy (non-hydrogen) atoms. The Bertz CT molecular complexity index is 1180. The number of carbonyl (C=O) groups excluding carboxylic acids is 1. The van der Waals surface area contributed by atoms with E-state index in [0.717, 1.165) is 59.8 Å². The Morgan fingerprint density at radius 1 is 1.06 bits per heavy atom. The Balaban J connectivity index is 1.90. The van der Waals surface area contributed by atoms with Gasteiger partial charge in [-0.3, -0.25) is 4.79 Å². The van der Waals surface area contributed by atoms with Crippen molar-refractivity contribution in [1.29, 1.82) is 0 Å². The first kappa shape index (κ1) is 24.4. The lowest BCUT2D eigenvalue weighted by Gasteiger charge is -2.31. The molecule has 3 atom stereocenters. The molecule has 1 aliphatic carbocycles. The minimum absolute atomic E-state index is 0.0440. The van der Waals surface area contributed by atoms with Gasteiger partial charge < -0.3 is 4.74 Å². The van der Waals surface area contributed by atoms with Crippen LogP contribution in [0.25, 0.3) is 16.8 Å². The van der Waals surface area contributed by atoms with Gasteiger partial charge in [-0.25, -0.2) is 4.21 Å². The molecular formula is C30H34O3S. The van der Waals surface area contributed by atoms with E-state index in [1.54, 1.807) is 7.11 Å². The van der Waals surface area contributed by atoms with Crippen molar-refractivity contribution >= 4 is 33.4 Å². The first-order chi connectivity index (χ1) is 16.6. The van der Waals surface area contributed by atoms with Crippen LogP contribution < -0.4 is 4.74 Å². The highest BCUT2D eigenvalue weighted by molar-refractivity contribution is 7.89. The number of methoxy groups -OCH3 is 1. The second-order valence-corrected chi connectivity index (χ2v) is 10.5. The number of hydrogen-bond donors (Lipinski definition) is 0. The van der Waals surface area contributed by atoms with Gasteiger partial charge in [0, 0.05) is 28.5 Å². The second kappa shape index (κ2) is 11.6. The van der Waals surface area contributed by atoms with Crippen LogP contribution in [0.5, 0.6) is 5.75 Å². The molecule has 3 nitrogen and oxygen atoms in total. The second-order valence-electron chi connectivity index (χ2n) is 9.11. The number of ketones is 1. The van der Waals surface area contributed by atoms with E-state index < -0.39 is 10.8 Å². The van der Waals surface area contributed by atoms with Crippen molar-refractivity contribution in [3.05, 3.63) is 77.2 Å². The van der Waals surface area contributed by atoms with E-state index in [4.69, 9.17) is 4.74 Å². The third-order valence-electron chi connectivity index (χ3n) is 6.89.